The van der Waals surface area contributed by atoms with Crippen LogP contribution in [0, 0.1) is 5.92 Å². The van der Waals surface area contributed by atoms with Gasteiger partial charge >= 0.3 is 0 Å². The molecule has 3 heteroatoms. The minimum absolute atomic E-state index is 0.810. The summed E-state index contributed by atoms with van der Waals surface area (Å²) in [5.74, 6) is 0.834. The highest BCUT2D eigenvalue weighted by Gasteiger charge is 2.40. The highest BCUT2D eigenvalue weighted by molar-refractivity contribution is 4.96. The molecule has 0 radical (unpaired) electrons. The molecular weight excluding hydrogens is 234 g/mol. The Bertz CT molecular complexity index is 306. The normalized spacial score (nSPS) is 42.5. The Morgan fingerprint density at radius 3 is 2.63 bits per heavy atom. The van der Waals surface area contributed by atoms with Gasteiger partial charge in [0.15, 0.2) is 0 Å². The Morgan fingerprint density at radius 1 is 1.05 bits per heavy atom. The van der Waals surface area contributed by atoms with E-state index < -0.39 is 0 Å². The standard InChI is InChI=1S/C16H31N3/c1-4-14-11-18-8-5-6-15(18)12-19(14)16-7-9-17(3)10-13(16)2/h13-16H,4-12H2,1-3H3. The van der Waals surface area contributed by atoms with Gasteiger partial charge in [-0.2, -0.15) is 0 Å². The molecule has 110 valence electrons. The fourth-order valence-electron chi connectivity index (χ4n) is 4.71. The second kappa shape index (κ2) is 5.71. The Balaban J connectivity index is 1.70. The molecule has 3 saturated heterocycles. The molecule has 0 amide bonds. The number of piperidine rings is 1. The van der Waals surface area contributed by atoms with Crippen molar-refractivity contribution in [3.8, 4) is 0 Å². The Kier molecular flexibility index (Phi) is 4.16. The third kappa shape index (κ3) is 2.70. The summed E-state index contributed by atoms with van der Waals surface area (Å²) in [5.41, 5.74) is 0. The first-order chi connectivity index (χ1) is 9.19. The third-order valence-corrected chi connectivity index (χ3v) is 5.80. The van der Waals surface area contributed by atoms with Crippen LogP contribution in [0.15, 0.2) is 0 Å². The summed E-state index contributed by atoms with van der Waals surface area (Å²) in [5, 5.41) is 0. The van der Waals surface area contributed by atoms with Gasteiger partial charge < -0.3 is 4.90 Å². The van der Waals surface area contributed by atoms with Crippen molar-refractivity contribution < 1.29 is 0 Å². The van der Waals surface area contributed by atoms with Gasteiger partial charge in [0.1, 0.15) is 0 Å². The highest BCUT2D eigenvalue weighted by Crippen LogP contribution is 2.31. The first kappa shape index (κ1) is 13.8. The summed E-state index contributed by atoms with van der Waals surface area (Å²) in [6, 6.07) is 2.52. The van der Waals surface area contributed by atoms with E-state index in [9.17, 15) is 0 Å². The molecule has 0 spiro atoms. The van der Waals surface area contributed by atoms with E-state index in [0.29, 0.717) is 0 Å². The topological polar surface area (TPSA) is 9.72 Å². The summed E-state index contributed by atoms with van der Waals surface area (Å²) in [7, 11) is 2.28. The second-order valence-corrected chi connectivity index (χ2v) is 7.15. The van der Waals surface area contributed by atoms with Crippen LogP contribution in [0.25, 0.3) is 0 Å². The second-order valence-electron chi connectivity index (χ2n) is 7.15. The first-order valence-corrected chi connectivity index (χ1v) is 8.37. The molecule has 0 saturated carbocycles. The highest BCUT2D eigenvalue weighted by atomic mass is 15.3. The van der Waals surface area contributed by atoms with E-state index in [2.05, 4.69) is 35.6 Å². The molecule has 3 aliphatic rings. The van der Waals surface area contributed by atoms with Gasteiger partial charge in [0, 0.05) is 37.8 Å². The van der Waals surface area contributed by atoms with E-state index in [1.807, 2.05) is 0 Å². The largest absolute Gasteiger partial charge is 0.306 e. The molecule has 0 aromatic heterocycles. The predicted octanol–water partition coefficient (Wildman–Crippen LogP) is 1.89. The molecule has 3 aliphatic heterocycles. The summed E-state index contributed by atoms with van der Waals surface area (Å²) >= 11 is 0. The van der Waals surface area contributed by atoms with Gasteiger partial charge in [-0.05, 0) is 51.7 Å². The molecule has 0 aromatic carbocycles. The Morgan fingerprint density at radius 2 is 1.89 bits per heavy atom. The monoisotopic (exact) mass is 265 g/mol. The SMILES string of the molecule is CCC1CN2CCCC2CN1C1CCN(C)CC1C. The number of fused-ring (bicyclic) bond motifs is 1. The van der Waals surface area contributed by atoms with Crippen LogP contribution < -0.4 is 0 Å². The van der Waals surface area contributed by atoms with E-state index >= 15 is 0 Å². The lowest BCUT2D eigenvalue weighted by Crippen LogP contribution is -2.62. The van der Waals surface area contributed by atoms with Crippen LogP contribution in [0.1, 0.15) is 39.5 Å². The molecule has 3 heterocycles. The smallest absolute Gasteiger partial charge is 0.0224 e. The van der Waals surface area contributed by atoms with Crippen LogP contribution in [0.3, 0.4) is 0 Å². The number of nitrogens with zero attached hydrogens (tertiary/aromatic N) is 3. The molecular formula is C16H31N3. The zero-order valence-corrected chi connectivity index (χ0v) is 13.0. The van der Waals surface area contributed by atoms with E-state index in [-0.39, 0.29) is 0 Å². The quantitative estimate of drug-likeness (QED) is 0.755. The number of hydrogen-bond acceptors (Lipinski definition) is 3. The summed E-state index contributed by atoms with van der Waals surface area (Å²) in [4.78, 5) is 8.18. The Labute approximate surface area is 118 Å². The van der Waals surface area contributed by atoms with Crippen LogP contribution in [0.2, 0.25) is 0 Å². The minimum Gasteiger partial charge on any atom is -0.306 e. The maximum atomic E-state index is 2.91. The van der Waals surface area contributed by atoms with Crippen LogP contribution in [-0.2, 0) is 0 Å². The summed E-state index contributed by atoms with van der Waals surface area (Å²) in [6.07, 6.45) is 5.56. The van der Waals surface area contributed by atoms with Crippen molar-refractivity contribution in [2.45, 2.75) is 57.7 Å². The lowest BCUT2D eigenvalue weighted by atomic mass is 9.89. The Hall–Kier alpha value is -0.120. The molecule has 0 N–H and O–H groups in total. The minimum atomic E-state index is 0.810. The van der Waals surface area contributed by atoms with Crippen LogP contribution in [0.5, 0.6) is 0 Å². The predicted molar refractivity (Wildman–Crippen MR) is 80.4 cm³/mol. The van der Waals surface area contributed by atoms with Gasteiger partial charge in [-0.25, -0.2) is 0 Å². The van der Waals surface area contributed by atoms with Crippen molar-refractivity contribution in [3.63, 3.8) is 0 Å². The molecule has 19 heavy (non-hydrogen) atoms. The maximum absolute atomic E-state index is 2.91. The van der Waals surface area contributed by atoms with E-state index in [1.54, 1.807) is 0 Å². The first-order valence-electron chi connectivity index (χ1n) is 8.37. The average Bonchev–Trinajstić information content (AvgIpc) is 2.84. The summed E-state index contributed by atoms with van der Waals surface area (Å²) < 4.78 is 0. The van der Waals surface area contributed by atoms with Crippen LogP contribution in [-0.4, -0.2) is 72.6 Å². The number of piperazine rings is 1. The van der Waals surface area contributed by atoms with Gasteiger partial charge in [-0.1, -0.05) is 13.8 Å². The van der Waals surface area contributed by atoms with Crippen molar-refractivity contribution in [3.05, 3.63) is 0 Å². The molecule has 3 nitrogen and oxygen atoms in total. The average molecular weight is 265 g/mol. The van der Waals surface area contributed by atoms with Crippen LogP contribution >= 0.6 is 0 Å². The molecule has 4 atom stereocenters. The van der Waals surface area contributed by atoms with Gasteiger partial charge in [-0.15, -0.1) is 0 Å². The number of likely N-dealkylation sites (tertiary alicyclic amines) is 1. The van der Waals surface area contributed by atoms with Crippen molar-refractivity contribution in [2.24, 2.45) is 5.92 Å². The van der Waals surface area contributed by atoms with Gasteiger partial charge in [0.2, 0.25) is 0 Å². The fraction of sp³-hybridized carbons (Fsp3) is 1.00. The molecule has 0 aliphatic carbocycles. The number of rotatable bonds is 2. The fourth-order valence-corrected chi connectivity index (χ4v) is 4.71. The lowest BCUT2D eigenvalue weighted by Gasteiger charge is -2.50. The molecule has 3 fully saturated rings. The van der Waals surface area contributed by atoms with Crippen molar-refractivity contribution >= 4 is 0 Å². The van der Waals surface area contributed by atoms with E-state index in [0.717, 1.165) is 24.0 Å². The summed E-state index contributed by atoms with van der Waals surface area (Å²) in [6.45, 7) is 11.5. The zero-order valence-electron chi connectivity index (χ0n) is 13.0. The van der Waals surface area contributed by atoms with Crippen molar-refractivity contribution in [1.82, 2.24) is 14.7 Å². The van der Waals surface area contributed by atoms with Crippen molar-refractivity contribution in [1.29, 1.82) is 0 Å². The lowest BCUT2D eigenvalue weighted by molar-refractivity contribution is -0.0200. The van der Waals surface area contributed by atoms with E-state index in [1.165, 1.54) is 58.4 Å². The van der Waals surface area contributed by atoms with Gasteiger partial charge in [0.25, 0.3) is 0 Å². The van der Waals surface area contributed by atoms with Crippen molar-refractivity contribution in [2.75, 3.05) is 39.8 Å². The third-order valence-electron chi connectivity index (χ3n) is 5.80. The van der Waals surface area contributed by atoms with E-state index in [4.69, 9.17) is 0 Å². The number of hydrogen-bond donors (Lipinski definition) is 0. The molecule has 0 bridgehead atoms. The van der Waals surface area contributed by atoms with Crippen LogP contribution in [0.4, 0.5) is 0 Å². The zero-order chi connectivity index (χ0) is 13.4. The van der Waals surface area contributed by atoms with Gasteiger partial charge in [0.05, 0.1) is 0 Å². The maximum Gasteiger partial charge on any atom is 0.0224 e. The van der Waals surface area contributed by atoms with Gasteiger partial charge in [-0.3, -0.25) is 9.80 Å². The molecule has 4 unspecified atom stereocenters. The molecule has 0 aromatic rings. The molecule has 3 rings (SSSR count).